The van der Waals surface area contributed by atoms with Crippen LogP contribution in [0.2, 0.25) is 0 Å². The number of aliphatic imine (C=N–C) groups is 1. The SMILES string of the molecule is CCNC(=NCC(C)c1c(C)noc1C)NCCCn1c(C)nc2ccccc21. The molecule has 7 nitrogen and oxygen atoms in total. The van der Waals surface area contributed by atoms with Crippen LogP contribution in [0.25, 0.3) is 11.0 Å². The van der Waals surface area contributed by atoms with Crippen molar-refractivity contribution in [1.82, 2.24) is 25.3 Å². The fourth-order valence-electron chi connectivity index (χ4n) is 3.78. The molecule has 1 atom stereocenters. The Kier molecular flexibility index (Phi) is 6.90. The third kappa shape index (κ3) is 4.96. The molecule has 0 saturated heterocycles. The molecule has 2 heterocycles. The maximum absolute atomic E-state index is 5.29. The Morgan fingerprint density at radius 1 is 1.21 bits per heavy atom. The van der Waals surface area contributed by atoms with Gasteiger partial charge in [-0.05, 0) is 46.2 Å². The van der Waals surface area contributed by atoms with Gasteiger partial charge in [0.1, 0.15) is 11.6 Å². The number of aryl methyl sites for hydroxylation is 4. The number of nitrogens with zero attached hydrogens (tertiary/aromatic N) is 4. The monoisotopic (exact) mass is 396 g/mol. The molecular weight excluding hydrogens is 364 g/mol. The van der Waals surface area contributed by atoms with Crippen molar-refractivity contribution in [3.63, 3.8) is 0 Å². The number of rotatable bonds is 8. The number of para-hydroxylation sites is 2. The van der Waals surface area contributed by atoms with Crippen LogP contribution < -0.4 is 10.6 Å². The lowest BCUT2D eigenvalue weighted by Gasteiger charge is -2.14. The lowest BCUT2D eigenvalue weighted by molar-refractivity contribution is 0.391. The zero-order valence-corrected chi connectivity index (χ0v) is 18.1. The van der Waals surface area contributed by atoms with Crippen molar-refractivity contribution < 1.29 is 4.52 Å². The van der Waals surface area contributed by atoms with Crippen molar-refractivity contribution in [1.29, 1.82) is 0 Å². The highest BCUT2D eigenvalue weighted by Gasteiger charge is 2.16. The molecule has 0 saturated carbocycles. The zero-order valence-electron chi connectivity index (χ0n) is 18.1. The number of imidazole rings is 1. The van der Waals surface area contributed by atoms with E-state index < -0.39 is 0 Å². The first-order chi connectivity index (χ1) is 14.0. The van der Waals surface area contributed by atoms with Gasteiger partial charge in [0.15, 0.2) is 5.96 Å². The Labute approximate surface area is 172 Å². The fourth-order valence-corrected chi connectivity index (χ4v) is 3.78. The lowest BCUT2D eigenvalue weighted by atomic mass is 10.00. The number of hydrogen-bond acceptors (Lipinski definition) is 4. The molecule has 29 heavy (non-hydrogen) atoms. The van der Waals surface area contributed by atoms with Crippen molar-refractivity contribution in [2.45, 2.75) is 53.5 Å². The molecule has 3 aromatic rings. The van der Waals surface area contributed by atoms with Crippen LogP contribution in [0, 0.1) is 20.8 Å². The average Bonchev–Trinajstić information content (AvgIpc) is 3.21. The molecule has 0 fully saturated rings. The molecule has 2 N–H and O–H groups in total. The molecule has 0 amide bonds. The Bertz CT molecular complexity index is 952. The number of fused-ring (bicyclic) bond motifs is 1. The third-order valence-electron chi connectivity index (χ3n) is 5.15. The number of hydrogen-bond donors (Lipinski definition) is 2. The van der Waals surface area contributed by atoms with Gasteiger partial charge in [0, 0.05) is 37.7 Å². The highest BCUT2D eigenvalue weighted by molar-refractivity contribution is 5.79. The van der Waals surface area contributed by atoms with Crippen molar-refractivity contribution in [2.75, 3.05) is 19.6 Å². The van der Waals surface area contributed by atoms with E-state index >= 15 is 0 Å². The van der Waals surface area contributed by atoms with Gasteiger partial charge in [-0.3, -0.25) is 4.99 Å². The zero-order chi connectivity index (χ0) is 20.8. The summed E-state index contributed by atoms with van der Waals surface area (Å²) in [6.45, 7) is 13.5. The second kappa shape index (κ2) is 9.58. The smallest absolute Gasteiger partial charge is 0.191 e. The first-order valence-corrected chi connectivity index (χ1v) is 10.4. The standard InChI is InChI=1S/C22H32N6O/c1-6-23-22(25-14-15(2)21-16(3)27-29-17(21)4)24-12-9-13-28-18(5)26-19-10-7-8-11-20(19)28/h7-8,10-11,15H,6,9,12-14H2,1-5H3,(H2,23,24,25). The maximum atomic E-state index is 5.29. The Hall–Kier alpha value is -2.83. The molecule has 3 rings (SSSR count). The molecule has 0 aliphatic carbocycles. The minimum atomic E-state index is 0.261. The van der Waals surface area contributed by atoms with E-state index in [2.05, 4.69) is 64.3 Å². The van der Waals surface area contributed by atoms with E-state index in [0.717, 1.165) is 60.4 Å². The quantitative estimate of drug-likeness (QED) is 0.345. The van der Waals surface area contributed by atoms with Crippen LogP contribution in [0.1, 0.15) is 49.0 Å². The minimum Gasteiger partial charge on any atom is -0.361 e. The summed E-state index contributed by atoms with van der Waals surface area (Å²) in [5.74, 6) is 3.04. The Morgan fingerprint density at radius 3 is 2.72 bits per heavy atom. The molecule has 0 aliphatic rings. The third-order valence-corrected chi connectivity index (χ3v) is 5.15. The van der Waals surface area contributed by atoms with E-state index in [9.17, 15) is 0 Å². The maximum Gasteiger partial charge on any atom is 0.191 e. The molecule has 156 valence electrons. The van der Waals surface area contributed by atoms with Gasteiger partial charge < -0.3 is 19.7 Å². The van der Waals surface area contributed by atoms with E-state index in [0.29, 0.717) is 6.54 Å². The topological polar surface area (TPSA) is 80.3 Å². The molecule has 1 aromatic carbocycles. The highest BCUT2D eigenvalue weighted by atomic mass is 16.5. The first kappa shape index (κ1) is 20.9. The van der Waals surface area contributed by atoms with Gasteiger partial charge >= 0.3 is 0 Å². The summed E-state index contributed by atoms with van der Waals surface area (Å²) in [5, 5.41) is 10.8. The second-order valence-electron chi connectivity index (χ2n) is 7.44. The van der Waals surface area contributed by atoms with Gasteiger partial charge in [-0.2, -0.15) is 0 Å². The van der Waals surface area contributed by atoms with E-state index in [1.165, 1.54) is 5.52 Å². The molecular formula is C22H32N6O. The predicted octanol–water partition coefficient (Wildman–Crippen LogP) is 3.70. The van der Waals surface area contributed by atoms with Crippen LogP contribution in [0.3, 0.4) is 0 Å². The van der Waals surface area contributed by atoms with Crippen LogP contribution in [-0.4, -0.2) is 40.3 Å². The van der Waals surface area contributed by atoms with E-state index in [-0.39, 0.29) is 5.92 Å². The van der Waals surface area contributed by atoms with Crippen LogP contribution in [0.4, 0.5) is 0 Å². The Morgan fingerprint density at radius 2 is 2.00 bits per heavy atom. The summed E-state index contributed by atoms with van der Waals surface area (Å²) in [6.07, 6.45) is 0.991. The average molecular weight is 397 g/mol. The molecule has 2 aromatic heterocycles. The summed E-state index contributed by atoms with van der Waals surface area (Å²) in [6, 6.07) is 8.29. The van der Waals surface area contributed by atoms with Crippen molar-refractivity contribution in [2.24, 2.45) is 4.99 Å². The second-order valence-corrected chi connectivity index (χ2v) is 7.44. The van der Waals surface area contributed by atoms with Gasteiger partial charge in [-0.1, -0.05) is 24.2 Å². The van der Waals surface area contributed by atoms with E-state index in [1.54, 1.807) is 0 Å². The summed E-state index contributed by atoms with van der Waals surface area (Å²) >= 11 is 0. The van der Waals surface area contributed by atoms with Crippen LogP contribution in [0.15, 0.2) is 33.8 Å². The highest BCUT2D eigenvalue weighted by Crippen LogP contribution is 2.23. The lowest BCUT2D eigenvalue weighted by Crippen LogP contribution is -2.38. The molecule has 0 bridgehead atoms. The molecule has 1 unspecified atom stereocenters. The minimum absolute atomic E-state index is 0.261. The van der Waals surface area contributed by atoms with Crippen molar-refractivity contribution >= 4 is 17.0 Å². The number of benzene rings is 1. The van der Waals surface area contributed by atoms with Crippen LogP contribution >= 0.6 is 0 Å². The predicted molar refractivity (Wildman–Crippen MR) is 117 cm³/mol. The molecule has 7 heteroatoms. The largest absolute Gasteiger partial charge is 0.361 e. The summed E-state index contributed by atoms with van der Waals surface area (Å²) in [7, 11) is 0. The van der Waals surface area contributed by atoms with Gasteiger partial charge in [-0.15, -0.1) is 0 Å². The van der Waals surface area contributed by atoms with E-state index in [4.69, 9.17) is 9.52 Å². The summed E-state index contributed by atoms with van der Waals surface area (Å²) in [5.41, 5.74) is 4.36. The van der Waals surface area contributed by atoms with Crippen LogP contribution in [-0.2, 0) is 6.54 Å². The van der Waals surface area contributed by atoms with Gasteiger partial charge in [0.05, 0.1) is 16.7 Å². The van der Waals surface area contributed by atoms with Crippen molar-refractivity contribution in [3.8, 4) is 0 Å². The number of aromatic nitrogens is 3. The number of guanidine groups is 1. The van der Waals surface area contributed by atoms with Crippen LogP contribution in [0.5, 0.6) is 0 Å². The first-order valence-electron chi connectivity index (χ1n) is 10.4. The normalized spacial score (nSPS) is 13.1. The molecule has 0 radical (unpaired) electrons. The van der Waals surface area contributed by atoms with E-state index in [1.807, 2.05) is 19.9 Å². The van der Waals surface area contributed by atoms with Gasteiger partial charge in [0.25, 0.3) is 0 Å². The van der Waals surface area contributed by atoms with Gasteiger partial charge in [-0.25, -0.2) is 4.98 Å². The molecule has 0 aliphatic heterocycles. The summed E-state index contributed by atoms with van der Waals surface area (Å²) in [4.78, 5) is 9.40. The fraction of sp³-hybridized carbons (Fsp3) is 0.500. The van der Waals surface area contributed by atoms with Gasteiger partial charge in [0.2, 0.25) is 0 Å². The molecule has 0 spiro atoms. The number of nitrogens with one attached hydrogen (secondary N) is 2. The Balaban J connectivity index is 1.55. The summed E-state index contributed by atoms with van der Waals surface area (Å²) < 4.78 is 7.57. The van der Waals surface area contributed by atoms with Crippen molar-refractivity contribution in [3.05, 3.63) is 47.1 Å².